The standard InChI is InChI=1S/C23H33NO4/c1-15(2)7-6-8-16(3)9-11-22(4,5)13-24-14-23-12-10-17(28-23)18(21(26)27)19(23)20(24)25/h7,9-10,12,17-19H,6,8,11,13-14H2,1-5H3,(H,26,27)/p-1/b16-9-/t17-,18+,19-,23-/m1/s1. The number of amides is 1. The summed E-state index contributed by atoms with van der Waals surface area (Å²) in [5.41, 5.74) is 1.82. The third kappa shape index (κ3) is 3.95. The molecule has 3 heterocycles. The van der Waals surface area contributed by atoms with E-state index in [1.54, 1.807) is 11.0 Å². The number of likely N-dealkylation sites (tertiary alicyclic amines) is 1. The summed E-state index contributed by atoms with van der Waals surface area (Å²) >= 11 is 0. The van der Waals surface area contributed by atoms with Gasteiger partial charge < -0.3 is 19.5 Å². The van der Waals surface area contributed by atoms with Gasteiger partial charge in [-0.2, -0.15) is 0 Å². The molecule has 3 rings (SSSR count). The van der Waals surface area contributed by atoms with Crippen LogP contribution in [-0.4, -0.2) is 41.6 Å². The van der Waals surface area contributed by atoms with Gasteiger partial charge in [0, 0.05) is 18.4 Å². The lowest BCUT2D eigenvalue weighted by Gasteiger charge is -2.31. The molecule has 2 bridgehead atoms. The van der Waals surface area contributed by atoms with Gasteiger partial charge in [0.25, 0.3) is 0 Å². The van der Waals surface area contributed by atoms with E-state index >= 15 is 0 Å². The van der Waals surface area contributed by atoms with Gasteiger partial charge in [-0.25, -0.2) is 0 Å². The van der Waals surface area contributed by atoms with Crippen LogP contribution in [0.3, 0.4) is 0 Å². The first kappa shape index (κ1) is 20.8. The molecule has 2 saturated heterocycles. The van der Waals surface area contributed by atoms with E-state index in [1.165, 1.54) is 11.1 Å². The molecule has 1 spiro atoms. The number of aliphatic carboxylic acids is 1. The Morgan fingerprint density at radius 2 is 2.07 bits per heavy atom. The number of carboxylic acid groups (broad SMARTS) is 1. The lowest BCUT2D eigenvalue weighted by Crippen LogP contribution is -2.45. The molecule has 0 aromatic carbocycles. The highest BCUT2D eigenvalue weighted by Gasteiger charge is 2.65. The molecule has 0 aliphatic carbocycles. The molecule has 154 valence electrons. The van der Waals surface area contributed by atoms with Crippen molar-refractivity contribution in [3.05, 3.63) is 35.5 Å². The molecule has 0 aromatic heterocycles. The number of allylic oxidation sites excluding steroid dienone is 4. The van der Waals surface area contributed by atoms with Crippen molar-refractivity contribution in [2.24, 2.45) is 17.3 Å². The summed E-state index contributed by atoms with van der Waals surface area (Å²) in [5, 5.41) is 11.6. The van der Waals surface area contributed by atoms with E-state index in [0.29, 0.717) is 13.1 Å². The molecule has 0 unspecified atom stereocenters. The first-order valence-corrected chi connectivity index (χ1v) is 10.2. The summed E-state index contributed by atoms with van der Waals surface area (Å²) < 4.78 is 5.92. The van der Waals surface area contributed by atoms with Crippen LogP contribution in [0, 0.1) is 17.3 Å². The fourth-order valence-electron chi connectivity index (χ4n) is 4.70. The van der Waals surface area contributed by atoms with Crippen molar-refractivity contribution in [1.29, 1.82) is 0 Å². The fraction of sp³-hybridized carbons (Fsp3) is 0.652. The van der Waals surface area contributed by atoms with Gasteiger partial charge >= 0.3 is 0 Å². The second-order valence-corrected chi connectivity index (χ2v) is 9.65. The maximum atomic E-state index is 13.0. The molecular weight excluding hydrogens is 354 g/mol. The van der Waals surface area contributed by atoms with Crippen LogP contribution in [0.15, 0.2) is 35.5 Å². The molecule has 5 heteroatoms. The second-order valence-electron chi connectivity index (χ2n) is 9.65. The van der Waals surface area contributed by atoms with E-state index in [2.05, 4.69) is 46.8 Å². The molecule has 5 nitrogen and oxygen atoms in total. The summed E-state index contributed by atoms with van der Waals surface area (Å²) in [7, 11) is 0. The Labute approximate surface area is 168 Å². The maximum Gasteiger partial charge on any atom is 0.229 e. The largest absolute Gasteiger partial charge is 0.550 e. The van der Waals surface area contributed by atoms with Gasteiger partial charge in [0.05, 0.1) is 18.6 Å². The third-order valence-corrected chi connectivity index (χ3v) is 6.16. The smallest absolute Gasteiger partial charge is 0.229 e. The van der Waals surface area contributed by atoms with E-state index in [4.69, 9.17) is 4.74 Å². The first-order chi connectivity index (χ1) is 13.0. The highest BCUT2D eigenvalue weighted by molar-refractivity contribution is 5.90. The highest BCUT2D eigenvalue weighted by atomic mass is 16.5. The Morgan fingerprint density at radius 1 is 1.36 bits per heavy atom. The van der Waals surface area contributed by atoms with Gasteiger partial charge in [0.1, 0.15) is 5.60 Å². The number of nitrogens with zero attached hydrogens (tertiary/aromatic N) is 1. The Hall–Kier alpha value is -1.88. The molecular formula is C23H32NO4-. The molecule has 28 heavy (non-hydrogen) atoms. The van der Waals surface area contributed by atoms with Crippen molar-refractivity contribution in [2.45, 2.75) is 65.6 Å². The molecule has 0 radical (unpaired) electrons. The molecule has 0 N–H and O–H groups in total. The van der Waals surface area contributed by atoms with E-state index < -0.39 is 29.5 Å². The molecule has 4 atom stereocenters. The lowest BCUT2D eigenvalue weighted by molar-refractivity contribution is -0.313. The SMILES string of the molecule is CC(C)=CCC/C(C)=C\CC(C)(C)CN1C[C@@]23C=C[C@@H](O2)[C@H](C(=O)[O-])[C@@H]3C1=O. The van der Waals surface area contributed by atoms with E-state index in [1.807, 2.05) is 6.08 Å². The minimum absolute atomic E-state index is 0.0958. The third-order valence-electron chi connectivity index (χ3n) is 6.16. The van der Waals surface area contributed by atoms with Crippen LogP contribution in [-0.2, 0) is 14.3 Å². The van der Waals surface area contributed by atoms with Crippen LogP contribution >= 0.6 is 0 Å². The Morgan fingerprint density at radius 3 is 2.71 bits per heavy atom. The molecule has 3 aliphatic heterocycles. The summed E-state index contributed by atoms with van der Waals surface area (Å²) in [6.07, 6.45) is 10.6. The second kappa shape index (κ2) is 7.51. The summed E-state index contributed by atoms with van der Waals surface area (Å²) in [4.78, 5) is 26.4. The van der Waals surface area contributed by atoms with Gasteiger partial charge in [-0.3, -0.25) is 4.79 Å². The Bertz CT molecular complexity index is 744. The van der Waals surface area contributed by atoms with Crippen LogP contribution < -0.4 is 5.11 Å². The number of carbonyl (C=O) groups excluding carboxylic acids is 2. The van der Waals surface area contributed by atoms with Gasteiger partial charge in [-0.05, 0) is 45.4 Å². The molecule has 3 aliphatic rings. The number of hydrogen-bond donors (Lipinski definition) is 0. The minimum atomic E-state index is -1.19. The van der Waals surface area contributed by atoms with Crippen LogP contribution in [0.1, 0.15) is 53.9 Å². The van der Waals surface area contributed by atoms with Crippen molar-refractivity contribution < 1.29 is 19.4 Å². The zero-order valence-corrected chi connectivity index (χ0v) is 17.7. The quantitative estimate of drug-likeness (QED) is 0.601. The van der Waals surface area contributed by atoms with Crippen LogP contribution in [0.25, 0.3) is 0 Å². The number of hydrogen-bond acceptors (Lipinski definition) is 4. The maximum absolute atomic E-state index is 13.0. The van der Waals surface area contributed by atoms with E-state index in [9.17, 15) is 14.7 Å². The van der Waals surface area contributed by atoms with Crippen molar-refractivity contribution >= 4 is 11.9 Å². The number of rotatable bonds is 8. The van der Waals surface area contributed by atoms with Crippen molar-refractivity contribution in [1.82, 2.24) is 4.90 Å². The average molecular weight is 387 g/mol. The highest BCUT2D eigenvalue weighted by Crippen LogP contribution is 2.52. The van der Waals surface area contributed by atoms with Gasteiger partial charge in [-0.15, -0.1) is 0 Å². The molecule has 0 saturated carbocycles. The average Bonchev–Trinajstić information content (AvgIpc) is 3.21. The van der Waals surface area contributed by atoms with Crippen molar-refractivity contribution in [3.8, 4) is 0 Å². The summed E-state index contributed by atoms with van der Waals surface area (Å²) in [6, 6.07) is 0. The van der Waals surface area contributed by atoms with Crippen LogP contribution in [0.4, 0.5) is 0 Å². The zero-order chi connectivity index (χ0) is 20.7. The summed E-state index contributed by atoms with van der Waals surface area (Å²) in [5.74, 6) is -2.82. The van der Waals surface area contributed by atoms with Gasteiger partial charge in [-0.1, -0.05) is 49.3 Å². The molecule has 0 aromatic rings. The monoisotopic (exact) mass is 386 g/mol. The number of ether oxygens (including phenoxy) is 1. The van der Waals surface area contributed by atoms with Crippen LogP contribution in [0.2, 0.25) is 0 Å². The minimum Gasteiger partial charge on any atom is -0.550 e. The Balaban J connectivity index is 1.62. The predicted molar refractivity (Wildman–Crippen MR) is 106 cm³/mol. The number of carboxylic acids is 1. The van der Waals surface area contributed by atoms with Gasteiger partial charge in [0.2, 0.25) is 5.91 Å². The van der Waals surface area contributed by atoms with Crippen LogP contribution in [0.5, 0.6) is 0 Å². The topological polar surface area (TPSA) is 69.7 Å². The summed E-state index contributed by atoms with van der Waals surface area (Å²) in [6.45, 7) is 11.7. The van der Waals surface area contributed by atoms with E-state index in [0.717, 1.165) is 19.3 Å². The normalized spacial score (nSPS) is 31.5. The van der Waals surface area contributed by atoms with Crippen molar-refractivity contribution in [3.63, 3.8) is 0 Å². The number of fused-ring (bicyclic) bond motifs is 1. The first-order valence-electron chi connectivity index (χ1n) is 10.2. The van der Waals surface area contributed by atoms with E-state index in [-0.39, 0.29) is 11.3 Å². The lowest BCUT2D eigenvalue weighted by atomic mass is 9.77. The fourth-order valence-corrected chi connectivity index (χ4v) is 4.70. The Kier molecular flexibility index (Phi) is 5.59. The number of carbonyl (C=O) groups is 2. The predicted octanol–water partition coefficient (Wildman–Crippen LogP) is 2.63. The van der Waals surface area contributed by atoms with Gasteiger partial charge in [0.15, 0.2) is 0 Å². The molecule has 2 fully saturated rings. The zero-order valence-electron chi connectivity index (χ0n) is 17.7. The molecule has 1 amide bonds. The van der Waals surface area contributed by atoms with Crippen molar-refractivity contribution in [2.75, 3.05) is 13.1 Å².